The van der Waals surface area contributed by atoms with Gasteiger partial charge in [0.15, 0.2) is 12.0 Å². The summed E-state index contributed by atoms with van der Waals surface area (Å²) in [7, 11) is 0. The summed E-state index contributed by atoms with van der Waals surface area (Å²) >= 11 is 7.30. The van der Waals surface area contributed by atoms with Crippen molar-refractivity contribution in [3.8, 4) is 11.1 Å². The van der Waals surface area contributed by atoms with Gasteiger partial charge in [-0.3, -0.25) is 9.48 Å². The lowest BCUT2D eigenvalue weighted by molar-refractivity contribution is -0.130. The largest absolute Gasteiger partial charge is 0.444 e. The van der Waals surface area contributed by atoms with E-state index in [1.54, 1.807) is 6.92 Å². The lowest BCUT2D eigenvalue weighted by Crippen LogP contribution is -2.64. The molecule has 5 heterocycles. The third-order valence-corrected chi connectivity index (χ3v) is 11.3. The van der Waals surface area contributed by atoms with E-state index in [4.69, 9.17) is 31.3 Å². The number of ether oxygens (including phenoxy) is 2. The van der Waals surface area contributed by atoms with Gasteiger partial charge in [-0.15, -0.1) is 0 Å². The van der Waals surface area contributed by atoms with E-state index in [0.29, 0.717) is 31.2 Å². The van der Waals surface area contributed by atoms with Gasteiger partial charge in [-0.2, -0.15) is 10.2 Å². The fourth-order valence-corrected chi connectivity index (χ4v) is 8.85. The predicted molar refractivity (Wildman–Crippen MR) is 186 cm³/mol. The Labute approximate surface area is 288 Å². The first-order chi connectivity index (χ1) is 22.7. The molecule has 0 N–H and O–H groups in total. The highest BCUT2D eigenvalue weighted by atomic mass is 35.5. The van der Waals surface area contributed by atoms with Crippen LogP contribution in [0.1, 0.15) is 97.2 Å². The molecule has 2 aromatic heterocycles. The number of nitrogens with zero attached hydrogens (tertiary/aromatic N) is 7. The maximum absolute atomic E-state index is 12.7. The molecule has 1 saturated carbocycles. The molecule has 0 radical (unpaired) electrons. The van der Waals surface area contributed by atoms with Crippen LogP contribution < -0.4 is 4.90 Å². The van der Waals surface area contributed by atoms with Gasteiger partial charge < -0.3 is 24.2 Å². The summed E-state index contributed by atoms with van der Waals surface area (Å²) in [5.41, 5.74) is 4.64. The SMILES string of the molecule is CC(=O)N1C[C@@H](C)N(c2nn(C3CC4(C3)CN(C(=O)OC(C)(C)C)C4)c(C)c2-c2c(Cl)c(C)cc3c2cnn3C2CCCCO2)[C@@H](C)C1. The van der Waals surface area contributed by atoms with Crippen molar-refractivity contribution in [1.82, 2.24) is 29.4 Å². The van der Waals surface area contributed by atoms with Crippen LogP contribution in [0, 0.1) is 19.3 Å². The maximum atomic E-state index is 12.7. The fraction of sp³-hybridized carbons (Fsp3) is 0.667. The van der Waals surface area contributed by atoms with Crippen LogP contribution >= 0.6 is 11.6 Å². The van der Waals surface area contributed by atoms with Gasteiger partial charge in [-0.25, -0.2) is 9.48 Å². The molecular formula is C36H50ClN7O4. The predicted octanol–water partition coefficient (Wildman–Crippen LogP) is 6.89. The van der Waals surface area contributed by atoms with Gasteiger partial charge >= 0.3 is 6.09 Å². The van der Waals surface area contributed by atoms with Gasteiger partial charge in [0.25, 0.3) is 0 Å². The Hall–Kier alpha value is -3.31. The van der Waals surface area contributed by atoms with Crippen molar-refractivity contribution < 1.29 is 19.1 Å². The molecule has 1 aromatic carbocycles. The van der Waals surface area contributed by atoms with Crippen molar-refractivity contribution in [2.45, 2.75) is 117 Å². The summed E-state index contributed by atoms with van der Waals surface area (Å²) < 4.78 is 16.0. The van der Waals surface area contributed by atoms with Crippen molar-refractivity contribution >= 4 is 40.3 Å². The zero-order chi connectivity index (χ0) is 34.3. The summed E-state index contributed by atoms with van der Waals surface area (Å²) in [5, 5.41) is 12.0. The Balaban J connectivity index is 1.28. The topological polar surface area (TPSA) is 98.0 Å². The molecule has 3 saturated heterocycles. The first kappa shape index (κ1) is 33.2. The number of amides is 2. The van der Waals surface area contributed by atoms with E-state index in [-0.39, 0.29) is 41.8 Å². The van der Waals surface area contributed by atoms with E-state index in [0.717, 1.165) is 77.8 Å². The molecule has 1 aliphatic carbocycles. The fourth-order valence-electron chi connectivity index (χ4n) is 8.60. The van der Waals surface area contributed by atoms with Crippen LogP contribution in [0.3, 0.4) is 0 Å². The van der Waals surface area contributed by atoms with Crippen molar-refractivity contribution in [2.75, 3.05) is 37.7 Å². The average Bonchev–Trinajstić information content (AvgIpc) is 3.52. The minimum absolute atomic E-state index is 0.0540. The number of hydrogen-bond donors (Lipinski definition) is 0. The van der Waals surface area contributed by atoms with E-state index in [1.807, 2.05) is 41.4 Å². The molecule has 1 spiro atoms. The van der Waals surface area contributed by atoms with E-state index in [2.05, 4.69) is 43.3 Å². The van der Waals surface area contributed by atoms with E-state index >= 15 is 0 Å². The van der Waals surface area contributed by atoms with Gasteiger partial charge in [-0.05, 0) is 92.2 Å². The third-order valence-electron chi connectivity index (χ3n) is 10.8. The maximum Gasteiger partial charge on any atom is 0.410 e. The average molecular weight is 680 g/mol. The minimum Gasteiger partial charge on any atom is -0.444 e. The Morgan fingerprint density at radius 1 is 1.02 bits per heavy atom. The highest BCUT2D eigenvalue weighted by Crippen LogP contribution is 2.56. The monoisotopic (exact) mass is 679 g/mol. The molecule has 260 valence electrons. The van der Waals surface area contributed by atoms with E-state index in [9.17, 15) is 9.59 Å². The summed E-state index contributed by atoms with van der Waals surface area (Å²) in [6.45, 7) is 19.3. The molecule has 2 amide bonds. The normalized spacial score (nSPS) is 24.6. The van der Waals surface area contributed by atoms with Crippen LogP contribution in [0.25, 0.3) is 22.0 Å². The number of aromatic nitrogens is 4. The molecule has 3 atom stereocenters. The number of benzene rings is 1. The number of likely N-dealkylation sites (tertiary alicyclic amines) is 1. The van der Waals surface area contributed by atoms with Crippen LogP contribution in [-0.2, 0) is 14.3 Å². The van der Waals surface area contributed by atoms with E-state index in [1.165, 1.54) is 0 Å². The highest BCUT2D eigenvalue weighted by Gasteiger charge is 2.56. The summed E-state index contributed by atoms with van der Waals surface area (Å²) in [6.07, 6.45) is 6.62. The number of piperazine rings is 1. The Kier molecular flexibility index (Phi) is 8.25. The first-order valence-corrected chi connectivity index (χ1v) is 17.9. The lowest BCUT2D eigenvalue weighted by Gasteiger charge is -2.58. The van der Waals surface area contributed by atoms with E-state index < -0.39 is 5.60 Å². The molecule has 4 aliphatic rings. The van der Waals surface area contributed by atoms with Gasteiger partial charge in [0.1, 0.15) is 5.60 Å². The van der Waals surface area contributed by atoms with Gasteiger partial charge in [0.2, 0.25) is 5.91 Å². The van der Waals surface area contributed by atoms with Crippen LogP contribution in [0.5, 0.6) is 0 Å². The van der Waals surface area contributed by atoms with Crippen molar-refractivity contribution in [3.63, 3.8) is 0 Å². The van der Waals surface area contributed by atoms with Crippen molar-refractivity contribution in [1.29, 1.82) is 0 Å². The van der Waals surface area contributed by atoms with Gasteiger partial charge in [-0.1, -0.05) is 11.6 Å². The van der Waals surface area contributed by atoms with Crippen LogP contribution in [-0.4, -0.2) is 91.8 Å². The number of rotatable bonds is 4. The first-order valence-electron chi connectivity index (χ1n) is 17.6. The zero-order valence-electron chi connectivity index (χ0n) is 29.7. The molecule has 4 fully saturated rings. The second-order valence-electron chi connectivity index (χ2n) is 15.9. The Bertz CT molecular complexity index is 1730. The molecular weight excluding hydrogens is 630 g/mol. The van der Waals surface area contributed by atoms with Crippen molar-refractivity contribution in [3.05, 3.63) is 28.5 Å². The van der Waals surface area contributed by atoms with Crippen LogP contribution in [0.15, 0.2) is 12.3 Å². The number of carbonyl (C=O) groups excluding carboxylic acids is 2. The molecule has 1 unspecified atom stereocenters. The molecule has 48 heavy (non-hydrogen) atoms. The Morgan fingerprint density at radius 3 is 2.31 bits per heavy atom. The third kappa shape index (κ3) is 5.64. The quantitative estimate of drug-likeness (QED) is 0.296. The number of carbonyl (C=O) groups is 2. The molecule has 7 rings (SSSR count). The second-order valence-corrected chi connectivity index (χ2v) is 16.3. The zero-order valence-corrected chi connectivity index (χ0v) is 30.4. The number of fused-ring (bicyclic) bond motifs is 1. The molecule has 0 bridgehead atoms. The van der Waals surface area contributed by atoms with Gasteiger partial charge in [0, 0.05) is 79.4 Å². The molecule has 3 aliphatic heterocycles. The number of halogens is 1. The molecule has 3 aromatic rings. The lowest BCUT2D eigenvalue weighted by atomic mass is 9.61. The second kappa shape index (κ2) is 11.9. The standard InChI is InChI=1S/C36H50ClN7O4/c1-21-13-28-27(16-38-44(28)29-11-9-10-12-47-29)31(32(21)37)30-24(4)43(39-33(30)42-22(2)17-40(25(5)45)18-23(42)3)26-14-36(15-26)19-41(20-36)34(46)48-35(6,7)8/h13,16,22-23,26,29H,9-12,14-15,17-20H2,1-8H3/t22-,23+,29?. The summed E-state index contributed by atoms with van der Waals surface area (Å²) in [6, 6.07) is 2.45. The number of aryl methyl sites for hydroxylation is 1. The highest BCUT2D eigenvalue weighted by molar-refractivity contribution is 6.36. The number of anilines is 1. The van der Waals surface area contributed by atoms with Crippen LogP contribution in [0.4, 0.5) is 10.6 Å². The van der Waals surface area contributed by atoms with Gasteiger partial charge in [0.05, 0.1) is 22.8 Å². The Morgan fingerprint density at radius 2 is 1.71 bits per heavy atom. The van der Waals surface area contributed by atoms with Crippen LogP contribution in [0.2, 0.25) is 5.02 Å². The summed E-state index contributed by atoms with van der Waals surface area (Å²) in [5.74, 6) is 0.993. The number of hydrogen-bond acceptors (Lipinski definition) is 7. The molecule has 11 nitrogen and oxygen atoms in total. The molecule has 12 heteroatoms. The summed E-state index contributed by atoms with van der Waals surface area (Å²) in [4.78, 5) is 31.2. The van der Waals surface area contributed by atoms with Crippen molar-refractivity contribution in [2.24, 2.45) is 5.41 Å². The smallest absolute Gasteiger partial charge is 0.410 e. The minimum atomic E-state index is -0.506.